The van der Waals surface area contributed by atoms with Crippen LogP contribution in [0, 0.1) is 12.8 Å². The highest BCUT2D eigenvalue weighted by Gasteiger charge is 2.19. The van der Waals surface area contributed by atoms with Crippen LogP contribution in [0.5, 0.6) is 0 Å². The van der Waals surface area contributed by atoms with Gasteiger partial charge in [0.05, 0.1) is 0 Å². The van der Waals surface area contributed by atoms with Crippen molar-refractivity contribution in [1.29, 1.82) is 0 Å². The Morgan fingerprint density at radius 1 is 1.00 bits per heavy atom. The maximum Gasteiger partial charge on any atom is -0.0113 e. The minimum atomic E-state index is 0.617. The van der Waals surface area contributed by atoms with E-state index in [0.717, 1.165) is 12.3 Å². The van der Waals surface area contributed by atoms with Gasteiger partial charge in [-0.25, -0.2) is 0 Å². The quantitative estimate of drug-likeness (QED) is 0.645. The maximum atomic E-state index is 2.36. The molecule has 0 aromatic heterocycles. The van der Waals surface area contributed by atoms with E-state index in [1.54, 1.807) is 0 Å². The first-order chi connectivity index (χ1) is 10.1. The average molecular weight is 276 g/mol. The summed E-state index contributed by atoms with van der Waals surface area (Å²) in [6.45, 7) is 6.84. The first kappa shape index (κ1) is 14.1. The molecule has 0 heteroatoms. The molecule has 0 radical (unpaired) electrons. The van der Waals surface area contributed by atoms with Crippen LogP contribution in [0.1, 0.15) is 54.0 Å². The van der Waals surface area contributed by atoms with E-state index in [1.807, 2.05) is 0 Å². The summed E-state index contributed by atoms with van der Waals surface area (Å²) in [6.07, 6.45) is 6.96. The zero-order chi connectivity index (χ0) is 14.8. The molecule has 0 bridgehead atoms. The smallest absolute Gasteiger partial charge is 0.0113 e. The number of hydrogen-bond acceptors (Lipinski definition) is 0. The fourth-order valence-electron chi connectivity index (χ4n) is 3.44. The van der Waals surface area contributed by atoms with Crippen LogP contribution in [0.15, 0.2) is 42.5 Å². The molecule has 0 amide bonds. The van der Waals surface area contributed by atoms with Crippen LogP contribution < -0.4 is 0 Å². The predicted molar refractivity (Wildman–Crippen MR) is 92.4 cm³/mol. The molecule has 0 N–H and O–H groups in total. The fourth-order valence-corrected chi connectivity index (χ4v) is 3.44. The van der Waals surface area contributed by atoms with Crippen molar-refractivity contribution in [3.8, 4) is 0 Å². The minimum Gasteiger partial charge on any atom is -0.0628 e. The van der Waals surface area contributed by atoms with E-state index in [4.69, 9.17) is 0 Å². The van der Waals surface area contributed by atoms with Crippen LogP contribution >= 0.6 is 0 Å². The molecule has 0 nitrogen and oxygen atoms in total. The summed E-state index contributed by atoms with van der Waals surface area (Å²) in [5.41, 5.74) is 7.12. The second kappa shape index (κ2) is 5.89. The van der Waals surface area contributed by atoms with Gasteiger partial charge in [0.15, 0.2) is 0 Å². The van der Waals surface area contributed by atoms with Crippen molar-refractivity contribution in [3.05, 3.63) is 70.3 Å². The zero-order valence-electron chi connectivity index (χ0n) is 13.3. The number of benzene rings is 2. The Morgan fingerprint density at radius 3 is 2.57 bits per heavy atom. The third-order valence-electron chi connectivity index (χ3n) is 4.40. The van der Waals surface area contributed by atoms with Gasteiger partial charge in [0.1, 0.15) is 0 Å². The van der Waals surface area contributed by atoms with Crippen molar-refractivity contribution in [1.82, 2.24) is 0 Å². The van der Waals surface area contributed by atoms with Crippen molar-refractivity contribution in [2.75, 3.05) is 0 Å². The molecule has 0 saturated carbocycles. The van der Waals surface area contributed by atoms with Gasteiger partial charge >= 0.3 is 0 Å². The molecule has 2 aromatic carbocycles. The molecule has 2 aromatic rings. The summed E-state index contributed by atoms with van der Waals surface area (Å²) in [6, 6.07) is 15.7. The standard InChI is InChI=1S/C21H24/c1-15(2)12-20-14-19-13-16(3)8-9-17(19)10-11-18-6-4-5-7-21(18)20/h4-11,13,15,20H,12,14H2,1-3H3/b11-10-. The van der Waals surface area contributed by atoms with E-state index in [-0.39, 0.29) is 0 Å². The Morgan fingerprint density at radius 2 is 1.76 bits per heavy atom. The lowest BCUT2D eigenvalue weighted by Gasteiger charge is -2.24. The van der Waals surface area contributed by atoms with Gasteiger partial charge in [-0.15, -0.1) is 0 Å². The van der Waals surface area contributed by atoms with E-state index in [2.05, 4.69) is 75.4 Å². The van der Waals surface area contributed by atoms with E-state index < -0.39 is 0 Å². The summed E-state index contributed by atoms with van der Waals surface area (Å²) in [7, 11) is 0. The van der Waals surface area contributed by atoms with Gasteiger partial charge in [0.2, 0.25) is 0 Å². The molecule has 108 valence electrons. The molecular weight excluding hydrogens is 252 g/mol. The van der Waals surface area contributed by atoms with Crippen molar-refractivity contribution in [2.24, 2.45) is 5.92 Å². The largest absolute Gasteiger partial charge is 0.0628 e. The summed E-state index contributed by atoms with van der Waals surface area (Å²) in [5.74, 6) is 1.34. The Labute approximate surface area is 128 Å². The number of aryl methyl sites for hydroxylation is 1. The highest BCUT2D eigenvalue weighted by Crippen LogP contribution is 2.34. The van der Waals surface area contributed by atoms with Crippen molar-refractivity contribution < 1.29 is 0 Å². The molecule has 3 rings (SSSR count). The average Bonchev–Trinajstić information content (AvgIpc) is 2.44. The second-order valence-electron chi connectivity index (χ2n) is 6.70. The van der Waals surface area contributed by atoms with Crippen molar-refractivity contribution >= 4 is 12.2 Å². The van der Waals surface area contributed by atoms with Gasteiger partial charge in [-0.3, -0.25) is 0 Å². The molecule has 1 aliphatic rings. The van der Waals surface area contributed by atoms with E-state index >= 15 is 0 Å². The fraction of sp³-hybridized carbons (Fsp3) is 0.333. The first-order valence-corrected chi connectivity index (χ1v) is 8.00. The monoisotopic (exact) mass is 276 g/mol. The highest BCUT2D eigenvalue weighted by atomic mass is 14.2. The summed E-state index contributed by atoms with van der Waals surface area (Å²) in [4.78, 5) is 0. The van der Waals surface area contributed by atoms with E-state index in [1.165, 1.54) is 34.2 Å². The van der Waals surface area contributed by atoms with Crippen LogP contribution in [-0.4, -0.2) is 0 Å². The predicted octanol–water partition coefficient (Wildman–Crippen LogP) is 5.85. The normalized spacial score (nSPS) is 18.6. The molecule has 21 heavy (non-hydrogen) atoms. The number of fused-ring (bicyclic) bond motifs is 2. The maximum absolute atomic E-state index is 2.36. The summed E-state index contributed by atoms with van der Waals surface area (Å²) >= 11 is 0. The van der Waals surface area contributed by atoms with Gasteiger partial charge in [0.25, 0.3) is 0 Å². The minimum absolute atomic E-state index is 0.617. The zero-order valence-corrected chi connectivity index (χ0v) is 13.3. The second-order valence-corrected chi connectivity index (χ2v) is 6.70. The van der Waals surface area contributed by atoms with Crippen LogP contribution in [0.3, 0.4) is 0 Å². The van der Waals surface area contributed by atoms with Gasteiger partial charge in [0, 0.05) is 0 Å². The highest BCUT2D eigenvalue weighted by molar-refractivity contribution is 5.74. The van der Waals surface area contributed by atoms with Gasteiger partial charge in [-0.05, 0) is 53.9 Å². The molecule has 1 unspecified atom stereocenters. The van der Waals surface area contributed by atoms with Crippen molar-refractivity contribution in [2.45, 2.75) is 39.5 Å². The molecule has 0 aliphatic heterocycles. The molecule has 0 spiro atoms. The molecule has 0 heterocycles. The Balaban J connectivity index is 2.10. The summed E-state index contributed by atoms with van der Waals surface area (Å²) < 4.78 is 0. The lowest BCUT2D eigenvalue weighted by atomic mass is 9.80. The van der Waals surface area contributed by atoms with Crippen LogP contribution in [0.25, 0.3) is 12.2 Å². The van der Waals surface area contributed by atoms with Crippen LogP contribution in [-0.2, 0) is 6.42 Å². The third kappa shape index (κ3) is 3.10. The van der Waals surface area contributed by atoms with E-state index in [0.29, 0.717) is 5.92 Å². The summed E-state index contributed by atoms with van der Waals surface area (Å²) in [5, 5.41) is 0. The van der Waals surface area contributed by atoms with Gasteiger partial charge < -0.3 is 0 Å². The number of rotatable bonds is 2. The van der Waals surface area contributed by atoms with Gasteiger partial charge in [-0.2, -0.15) is 0 Å². The first-order valence-electron chi connectivity index (χ1n) is 8.00. The molecule has 0 fully saturated rings. The topological polar surface area (TPSA) is 0 Å². The molecule has 1 atom stereocenters. The van der Waals surface area contributed by atoms with E-state index in [9.17, 15) is 0 Å². The molecule has 1 aliphatic carbocycles. The lowest BCUT2D eigenvalue weighted by molar-refractivity contribution is 0.496. The Bertz CT molecular complexity index is 661. The SMILES string of the molecule is Cc1ccc2c(c1)CC(CC(C)C)c1ccccc1/C=C\2. The van der Waals surface area contributed by atoms with Gasteiger partial charge in [-0.1, -0.05) is 74.0 Å². The third-order valence-corrected chi connectivity index (χ3v) is 4.40. The molecular formula is C21H24. The molecule has 0 saturated heterocycles. The van der Waals surface area contributed by atoms with Crippen LogP contribution in [0.2, 0.25) is 0 Å². The number of hydrogen-bond donors (Lipinski definition) is 0. The Hall–Kier alpha value is -1.82. The lowest BCUT2D eigenvalue weighted by Crippen LogP contribution is -2.10. The van der Waals surface area contributed by atoms with Crippen molar-refractivity contribution in [3.63, 3.8) is 0 Å². The Kier molecular flexibility index (Phi) is 3.96. The van der Waals surface area contributed by atoms with Crippen LogP contribution in [0.4, 0.5) is 0 Å².